The monoisotopic (exact) mass is 874 g/mol. The van der Waals surface area contributed by atoms with Crippen LogP contribution in [-0.4, -0.2) is 19.5 Å². The maximum absolute atomic E-state index is 6.55. The highest BCUT2D eigenvalue weighted by Gasteiger charge is 2.48. The summed E-state index contributed by atoms with van der Waals surface area (Å²) in [5.41, 5.74) is 12.6. The quantitative estimate of drug-likeness (QED) is 0.161. The summed E-state index contributed by atoms with van der Waals surface area (Å²) >= 11 is 0. The zero-order chi connectivity index (χ0) is 45.0. The molecular weight excluding hydrogens is 833 g/mol. The van der Waals surface area contributed by atoms with Crippen LogP contribution in [0.2, 0.25) is 0 Å². The summed E-state index contributed by atoms with van der Waals surface area (Å²) in [7, 11) is 0. The van der Waals surface area contributed by atoms with Gasteiger partial charge >= 0.3 is 0 Å². The van der Waals surface area contributed by atoms with Crippen molar-refractivity contribution in [1.82, 2.24) is 19.5 Å². The van der Waals surface area contributed by atoms with E-state index in [9.17, 15) is 0 Å². The van der Waals surface area contributed by atoms with Crippen LogP contribution in [0.15, 0.2) is 197 Å². The lowest BCUT2D eigenvalue weighted by molar-refractivity contribution is 0.596. The molecular formula is C62H42N4O2. The van der Waals surface area contributed by atoms with Crippen molar-refractivity contribution in [3.05, 3.63) is 205 Å². The Labute approximate surface area is 391 Å². The molecule has 0 spiro atoms. The van der Waals surface area contributed by atoms with E-state index in [1.54, 1.807) is 0 Å². The molecule has 6 nitrogen and oxygen atoms in total. The molecule has 6 heteroatoms. The van der Waals surface area contributed by atoms with E-state index >= 15 is 0 Å². The van der Waals surface area contributed by atoms with Crippen LogP contribution in [0, 0.1) is 5.92 Å². The van der Waals surface area contributed by atoms with E-state index in [1.165, 1.54) is 32.5 Å². The Hall–Kier alpha value is -8.61. The highest BCUT2D eigenvalue weighted by Crippen LogP contribution is 2.61. The third kappa shape index (κ3) is 5.73. The number of hydrogen-bond acceptors (Lipinski definition) is 5. The lowest BCUT2D eigenvalue weighted by atomic mass is 9.95. The van der Waals surface area contributed by atoms with Crippen LogP contribution >= 0.6 is 0 Å². The van der Waals surface area contributed by atoms with Gasteiger partial charge in [0.1, 0.15) is 22.5 Å². The molecule has 2 atom stereocenters. The summed E-state index contributed by atoms with van der Waals surface area (Å²) in [5.74, 6) is 3.45. The van der Waals surface area contributed by atoms with Gasteiger partial charge in [0, 0.05) is 54.6 Å². The molecule has 15 rings (SSSR count). The second-order valence-electron chi connectivity index (χ2n) is 17.8. The molecule has 1 saturated carbocycles. The van der Waals surface area contributed by atoms with Crippen molar-refractivity contribution < 1.29 is 8.83 Å². The molecule has 322 valence electrons. The van der Waals surface area contributed by atoms with Crippen LogP contribution in [0.4, 0.5) is 0 Å². The molecule has 0 saturated heterocycles. The number of nitrogens with zero attached hydrogens (tertiary/aromatic N) is 4. The molecule has 0 bridgehead atoms. The Morgan fingerprint density at radius 1 is 0.426 bits per heavy atom. The molecule has 2 unspecified atom stereocenters. The molecule has 0 radical (unpaired) electrons. The normalized spacial score (nSPS) is 15.2. The third-order valence-corrected chi connectivity index (χ3v) is 14.2. The number of benzene rings is 9. The summed E-state index contributed by atoms with van der Waals surface area (Å²) < 4.78 is 15.1. The Morgan fingerprint density at radius 3 is 1.85 bits per heavy atom. The zero-order valence-electron chi connectivity index (χ0n) is 37.4. The number of allylic oxidation sites excluding steroid dienone is 1. The predicted octanol–water partition coefficient (Wildman–Crippen LogP) is 16.6. The van der Waals surface area contributed by atoms with Crippen molar-refractivity contribution in [3.63, 3.8) is 0 Å². The van der Waals surface area contributed by atoms with Crippen molar-refractivity contribution in [2.24, 2.45) is 5.92 Å². The van der Waals surface area contributed by atoms with E-state index in [-0.39, 0.29) is 5.92 Å². The molecule has 4 heterocycles. The van der Waals surface area contributed by atoms with Crippen molar-refractivity contribution in [2.45, 2.75) is 26.2 Å². The lowest BCUT2D eigenvalue weighted by Gasteiger charge is -2.16. The topological polar surface area (TPSA) is 69.9 Å². The average molecular weight is 875 g/mol. The van der Waals surface area contributed by atoms with Gasteiger partial charge in [-0.2, -0.15) is 9.97 Å². The largest absolute Gasteiger partial charge is 0.456 e. The van der Waals surface area contributed by atoms with E-state index in [0.717, 1.165) is 94.9 Å². The van der Waals surface area contributed by atoms with Gasteiger partial charge in [-0.3, -0.25) is 4.57 Å². The fraction of sp³-hybridized carbons (Fsp3) is 0.0806. The Morgan fingerprint density at radius 2 is 1.03 bits per heavy atom. The van der Waals surface area contributed by atoms with Crippen molar-refractivity contribution in [1.29, 1.82) is 0 Å². The van der Waals surface area contributed by atoms with Gasteiger partial charge in [-0.05, 0) is 87.5 Å². The molecule has 0 N–H and O–H groups in total. The minimum absolute atomic E-state index is 0.290. The van der Waals surface area contributed by atoms with E-state index in [0.29, 0.717) is 23.5 Å². The second kappa shape index (κ2) is 15.0. The summed E-state index contributed by atoms with van der Waals surface area (Å²) in [4.78, 5) is 16.4. The van der Waals surface area contributed by atoms with Gasteiger partial charge in [-0.25, -0.2) is 4.98 Å². The van der Waals surface area contributed by atoms with E-state index in [4.69, 9.17) is 23.8 Å². The first-order valence-electron chi connectivity index (χ1n) is 23.7. The molecule has 4 aromatic heterocycles. The number of aromatic nitrogens is 4. The number of fused-ring (bicyclic) bond motifs is 16. The Kier molecular flexibility index (Phi) is 8.50. The maximum atomic E-state index is 6.55. The van der Waals surface area contributed by atoms with E-state index < -0.39 is 0 Å². The number of furan rings is 2. The molecule has 1 fully saturated rings. The SMILES string of the molecule is C1=C(c2nc(-c3ccccc3)nc(-n3c4c(-c5cccc(-c6ccc7oc8ccccc8c7c6)c5)cccc4c4c5ccccc5c5ccccc5c43)n2)C2CC2c2c1oc1ccccc21.CC. The molecule has 0 aliphatic heterocycles. The molecule has 68 heavy (non-hydrogen) atoms. The predicted molar refractivity (Wildman–Crippen MR) is 279 cm³/mol. The first-order valence-corrected chi connectivity index (χ1v) is 23.7. The number of hydrogen-bond donors (Lipinski definition) is 0. The fourth-order valence-electron chi connectivity index (χ4n) is 11.2. The van der Waals surface area contributed by atoms with Crippen molar-refractivity contribution >= 4 is 87.9 Å². The Balaban J connectivity index is 0.00000216. The highest BCUT2D eigenvalue weighted by molar-refractivity contribution is 6.33. The van der Waals surface area contributed by atoms with Crippen LogP contribution in [0.25, 0.3) is 127 Å². The van der Waals surface area contributed by atoms with Gasteiger partial charge in [0.25, 0.3) is 0 Å². The van der Waals surface area contributed by atoms with Crippen molar-refractivity contribution in [2.75, 3.05) is 0 Å². The van der Waals surface area contributed by atoms with Crippen LogP contribution in [-0.2, 0) is 0 Å². The summed E-state index contributed by atoms with van der Waals surface area (Å²) in [6.07, 6.45) is 3.23. The highest BCUT2D eigenvalue weighted by atomic mass is 16.3. The van der Waals surface area contributed by atoms with Crippen LogP contribution in [0.5, 0.6) is 0 Å². The zero-order valence-corrected chi connectivity index (χ0v) is 37.4. The molecule has 13 aromatic rings. The summed E-state index contributed by atoms with van der Waals surface area (Å²) in [5, 5.41) is 10.4. The fourth-order valence-corrected chi connectivity index (χ4v) is 11.2. The van der Waals surface area contributed by atoms with Gasteiger partial charge in [0.15, 0.2) is 11.6 Å². The Bertz CT molecular complexity index is 4230. The number of para-hydroxylation sites is 3. The van der Waals surface area contributed by atoms with Crippen LogP contribution in [0.3, 0.4) is 0 Å². The molecule has 2 aliphatic carbocycles. The van der Waals surface area contributed by atoms with Gasteiger partial charge in [0.05, 0.1) is 11.0 Å². The van der Waals surface area contributed by atoms with Gasteiger partial charge in [-0.15, -0.1) is 0 Å². The summed E-state index contributed by atoms with van der Waals surface area (Å²) in [6, 6.07) is 66.6. The minimum Gasteiger partial charge on any atom is -0.456 e. The minimum atomic E-state index is 0.290. The average Bonchev–Trinajstić information content (AvgIpc) is 3.80. The molecule has 9 aromatic carbocycles. The van der Waals surface area contributed by atoms with Crippen LogP contribution < -0.4 is 0 Å². The smallest absolute Gasteiger partial charge is 0.238 e. The van der Waals surface area contributed by atoms with E-state index in [1.807, 2.05) is 50.2 Å². The summed E-state index contributed by atoms with van der Waals surface area (Å²) in [6.45, 7) is 4.00. The lowest BCUT2D eigenvalue weighted by Crippen LogP contribution is -2.10. The van der Waals surface area contributed by atoms with Gasteiger partial charge in [-0.1, -0.05) is 172 Å². The van der Waals surface area contributed by atoms with Gasteiger partial charge in [0.2, 0.25) is 5.95 Å². The first kappa shape index (κ1) is 38.6. The molecule has 0 amide bonds. The van der Waals surface area contributed by atoms with Crippen LogP contribution in [0.1, 0.15) is 43.3 Å². The first-order chi connectivity index (χ1) is 33.7. The standard InChI is InChI=1S/C60H36N4O2.C2H6/c1-2-14-34(15-3-1)58-61-59(49-33-53-54(48-32-46(48)49)44-23-9-11-27-51(44)66-53)63-60(62-58)64-56-38(24-13-25-45(56)55-42-21-6-4-18-39(42)40-19-5-7-22-43(40)57(55)64)37-17-12-16-35(30-37)36-28-29-52-47(31-36)41-20-8-10-26-50(41)65-52;1-2/h1-31,33,46,48H,32H2;1-2H3. The third-order valence-electron chi connectivity index (χ3n) is 14.2. The van der Waals surface area contributed by atoms with Gasteiger partial charge < -0.3 is 8.83 Å². The number of rotatable bonds is 5. The van der Waals surface area contributed by atoms with E-state index in [2.05, 4.69) is 162 Å². The second-order valence-corrected chi connectivity index (χ2v) is 17.8. The van der Waals surface area contributed by atoms with Crippen molar-refractivity contribution in [3.8, 4) is 39.6 Å². The maximum Gasteiger partial charge on any atom is 0.238 e. The molecule has 2 aliphatic rings.